The van der Waals surface area contributed by atoms with Crippen molar-refractivity contribution in [2.45, 2.75) is 19.5 Å². The number of aromatic nitrogens is 3. The summed E-state index contributed by atoms with van der Waals surface area (Å²) in [5.41, 5.74) is 0.833. The van der Waals surface area contributed by atoms with Crippen LogP contribution in [0.5, 0.6) is 0 Å². The fourth-order valence-corrected chi connectivity index (χ4v) is 1.93. The van der Waals surface area contributed by atoms with Gasteiger partial charge in [-0.25, -0.2) is 4.68 Å². The number of morpholine rings is 1. The van der Waals surface area contributed by atoms with Gasteiger partial charge in [0, 0.05) is 19.6 Å². The molecule has 1 amide bonds. The van der Waals surface area contributed by atoms with Crippen molar-refractivity contribution in [3.05, 3.63) is 11.9 Å². The summed E-state index contributed by atoms with van der Waals surface area (Å²) in [6, 6.07) is -0.318. The van der Waals surface area contributed by atoms with E-state index in [-0.39, 0.29) is 11.9 Å². The van der Waals surface area contributed by atoms with Crippen LogP contribution in [-0.2, 0) is 16.1 Å². The molecule has 0 aromatic carbocycles. The van der Waals surface area contributed by atoms with Gasteiger partial charge in [-0.2, -0.15) is 0 Å². The van der Waals surface area contributed by atoms with E-state index in [4.69, 9.17) is 4.74 Å². The quantitative estimate of drug-likeness (QED) is 0.777. The van der Waals surface area contributed by atoms with Gasteiger partial charge in [0.1, 0.15) is 6.04 Å². The lowest BCUT2D eigenvalue weighted by Crippen LogP contribution is -2.43. The Labute approximate surface area is 106 Å². The Morgan fingerprint density at radius 2 is 2.28 bits per heavy atom. The lowest BCUT2D eigenvalue weighted by molar-refractivity contribution is -0.138. The summed E-state index contributed by atoms with van der Waals surface area (Å²) in [5, 5.41) is 11.0. The first-order valence-electron chi connectivity index (χ1n) is 6.14. The summed E-state index contributed by atoms with van der Waals surface area (Å²) in [7, 11) is 1.85. The van der Waals surface area contributed by atoms with Crippen LogP contribution in [-0.4, -0.2) is 59.2 Å². The first-order chi connectivity index (χ1) is 8.72. The van der Waals surface area contributed by atoms with E-state index in [2.05, 4.69) is 15.6 Å². The Kier molecular flexibility index (Phi) is 4.27. The van der Waals surface area contributed by atoms with E-state index < -0.39 is 0 Å². The largest absolute Gasteiger partial charge is 0.378 e. The molecule has 1 saturated heterocycles. The van der Waals surface area contributed by atoms with Crippen LogP contribution < -0.4 is 5.32 Å². The van der Waals surface area contributed by atoms with Crippen LogP contribution >= 0.6 is 0 Å². The zero-order valence-corrected chi connectivity index (χ0v) is 10.8. The van der Waals surface area contributed by atoms with Crippen LogP contribution in [0.3, 0.4) is 0 Å². The standard InChI is InChI=1S/C11H19N5O2/c1-9(11(17)15-3-5-18-6-4-15)16-8-10(7-12-2)13-14-16/h8-9,12H,3-7H2,1-2H3. The topological polar surface area (TPSA) is 72.3 Å². The minimum absolute atomic E-state index is 0.0687. The van der Waals surface area contributed by atoms with Crippen molar-refractivity contribution in [3.63, 3.8) is 0 Å². The van der Waals surface area contributed by atoms with Gasteiger partial charge < -0.3 is 15.0 Å². The van der Waals surface area contributed by atoms with Gasteiger partial charge in [-0.15, -0.1) is 5.10 Å². The molecule has 1 unspecified atom stereocenters. The first kappa shape index (κ1) is 13.0. The van der Waals surface area contributed by atoms with Crippen molar-refractivity contribution in [1.82, 2.24) is 25.2 Å². The molecule has 1 N–H and O–H groups in total. The second-order valence-electron chi connectivity index (χ2n) is 4.33. The number of rotatable bonds is 4. The van der Waals surface area contributed by atoms with Gasteiger partial charge >= 0.3 is 0 Å². The van der Waals surface area contributed by atoms with E-state index in [1.807, 2.05) is 18.9 Å². The smallest absolute Gasteiger partial charge is 0.247 e. The van der Waals surface area contributed by atoms with Gasteiger partial charge in [0.2, 0.25) is 5.91 Å². The summed E-state index contributed by atoms with van der Waals surface area (Å²) in [4.78, 5) is 14.0. The van der Waals surface area contributed by atoms with Crippen molar-refractivity contribution in [3.8, 4) is 0 Å². The molecule has 1 atom stereocenters. The zero-order valence-electron chi connectivity index (χ0n) is 10.8. The van der Waals surface area contributed by atoms with E-state index in [0.717, 1.165) is 5.69 Å². The SMILES string of the molecule is CNCc1cn(C(C)C(=O)N2CCOCC2)nn1. The number of nitrogens with one attached hydrogen (secondary N) is 1. The molecule has 2 rings (SSSR count). The first-order valence-corrected chi connectivity index (χ1v) is 6.14. The Morgan fingerprint density at radius 1 is 1.56 bits per heavy atom. The average molecular weight is 253 g/mol. The second-order valence-corrected chi connectivity index (χ2v) is 4.33. The molecule has 1 aliphatic heterocycles. The van der Waals surface area contributed by atoms with Crippen molar-refractivity contribution >= 4 is 5.91 Å². The van der Waals surface area contributed by atoms with Crippen LogP contribution in [0.1, 0.15) is 18.7 Å². The third-order valence-corrected chi connectivity index (χ3v) is 2.99. The van der Waals surface area contributed by atoms with Gasteiger partial charge in [-0.3, -0.25) is 4.79 Å². The fourth-order valence-electron chi connectivity index (χ4n) is 1.93. The Bertz CT molecular complexity index is 400. The van der Waals surface area contributed by atoms with E-state index in [0.29, 0.717) is 32.8 Å². The van der Waals surface area contributed by atoms with Crippen molar-refractivity contribution in [1.29, 1.82) is 0 Å². The normalized spacial score (nSPS) is 17.8. The third kappa shape index (κ3) is 2.85. The number of hydrogen-bond acceptors (Lipinski definition) is 5. The maximum atomic E-state index is 12.2. The molecule has 7 nitrogen and oxygen atoms in total. The Balaban J connectivity index is 2.00. The molecule has 18 heavy (non-hydrogen) atoms. The number of carbonyl (C=O) groups is 1. The van der Waals surface area contributed by atoms with E-state index in [1.165, 1.54) is 0 Å². The molecule has 0 radical (unpaired) electrons. The number of amides is 1. The summed E-state index contributed by atoms with van der Waals surface area (Å²) in [6.45, 7) is 5.03. The highest BCUT2D eigenvalue weighted by Gasteiger charge is 2.24. The van der Waals surface area contributed by atoms with Crippen LogP contribution in [0.25, 0.3) is 0 Å². The fraction of sp³-hybridized carbons (Fsp3) is 0.727. The molecule has 1 aliphatic rings. The van der Waals surface area contributed by atoms with Gasteiger partial charge in [0.25, 0.3) is 0 Å². The molecular formula is C11H19N5O2. The summed E-state index contributed by atoms with van der Waals surface area (Å²) in [5.74, 6) is 0.0687. The molecule has 2 heterocycles. The Morgan fingerprint density at radius 3 is 2.94 bits per heavy atom. The van der Waals surface area contributed by atoms with Crippen LogP contribution in [0, 0.1) is 0 Å². The highest BCUT2D eigenvalue weighted by atomic mass is 16.5. The van der Waals surface area contributed by atoms with Gasteiger partial charge in [-0.1, -0.05) is 5.21 Å². The highest BCUT2D eigenvalue weighted by molar-refractivity contribution is 5.80. The molecule has 0 aliphatic carbocycles. The lowest BCUT2D eigenvalue weighted by Gasteiger charge is -2.29. The summed E-state index contributed by atoms with van der Waals surface area (Å²) >= 11 is 0. The summed E-state index contributed by atoms with van der Waals surface area (Å²) in [6.07, 6.45) is 1.81. The Hall–Kier alpha value is -1.47. The lowest BCUT2D eigenvalue weighted by atomic mass is 10.2. The second kappa shape index (κ2) is 5.92. The molecule has 1 aromatic rings. The van der Waals surface area contributed by atoms with Crippen molar-refractivity contribution < 1.29 is 9.53 Å². The molecule has 100 valence electrons. The number of carbonyl (C=O) groups excluding carboxylic acids is 1. The zero-order chi connectivity index (χ0) is 13.0. The molecule has 1 aromatic heterocycles. The molecule has 0 spiro atoms. The molecule has 0 bridgehead atoms. The highest BCUT2D eigenvalue weighted by Crippen LogP contribution is 2.10. The van der Waals surface area contributed by atoms with Gasteiger partial charge in [0.05, 0.1) is 25.1 Å². The van der Waals surface area contributed by atoms with Gasteiger partial charge in [0.15, 0.2) is 0 Å². The van der Waals surface area contributed by atoms with E-state index in [9.17, 15) is 4.79 Å². The van der Waals surface area contributed by atoms with Crippen LogP contribution in [0.15, 0.2) is 6.20 Å². The molecule has 7 heteroatoms. The van der Waals surface area contributed by atoms with Gasteiger partial charge in [-0.05, 0) is 14.0 Å². The predicted molar refractivity (Wildman–Crippen MR) is 64.9 cm³/mol. The number of ether oxygens (including phenoxy) is 1. The predicted octanol–water partition coefficient (Wildman–Crippen LogP) is -0.583. The average Bonchev–Trinajstić information content (AvgIpc) is 2.87. The number of hydrogen-bond donors (Lipinski definition) is 1. The van der Waals surface area contributed by atoms with Crippen molar-refractivity contribution in [2.75, 3.05) is 33.4 Å². The minimum Gasteiger partial charge on any atom is -0.378 e. The molecule has 1 fully saturated rings. The maximum Gasteiger partial charge on any atom is 0.247 e. The monoisotopic (exact) mass is 253 g/mol. The summed E-state index contributed by atoms with van der Waals surface area (Å²) < 4.78 is 6.85. The van der Waals surface area contributed by atoms with E-state index in [1.54, 1.807) is 10.9 Å². The van der Waals surface area contributed by atoms with E-state index >= 15 is 0 Å². The minimum atomic E-state index is -0.318. The maximum absolute atomic E-state index is 12.2. The van der Waals surface area contributed by atoms with Crippen molar-refractivity contribution in [2.24, 2.45) is 0 Å². The number of nitrogens with zero attached hydrogens (tertiary/aromatic N) is 4. The van der Waals surface area contributed by atoms with Crippen LogP contribution in [0.2, 0.25) is 0 Å². The molecular weight excluding hydrogens is 234 g/mol. The third-order valence-electron chi connectivity index (χ3n) is 2.99. The molecule has 0 saturated carbocycles. The van der Waals surface area contributed by atoms with Crippen LogP contribution in [0.4, 0.5) is 0 Å².